The van der Waals surface area contributed by atoms with Crippen molar-refractivity contribution in [3.8, 4) is 0 Å². The van der Waals surface area contributed by atoms with E-state index in [1.54, 1.807) is 68.4 Å². The van der Waals surface area contributed by atoms with Crippen molar-refractivity contribution in [1.29, 1.82) is 0 Å². The fourth-order valence-electron chi connectivity index (χ4n) is 3.56. The third kappa shape index (κ3) is 3.45. The summed E-state index contributed by atoms with van der Waals surface area (Å²) in [6.45, 7) is 3.32. The van der Waals surface area contributed by atoms with Crippen LogP contribution < -0.4 is 15.9 Å². The largest absolute Gasteiger partial charge is 0.386 e. The van der Waals surface area contributed by atoms with Crippen LogP contribution in [-0.2, 0) is 5.60 Å². The zero-order chi connectivity index (χ0) is 21.8. The van der Waals surface area contributed by atoms with Gasteiger partial charge < -0.3 is 15.0 Å². The molecule has 0 amide bonds. The third-order valence-electron chi connectivity index (χ3n) is 5.09. The SMILES string of the molecule is [B]c1ccc2nc(N(C)c3c(Cl)cc(C(C)(C)O)cc3Cl)c3cc[nH]c(=O)c3c2c1. The van der Waals surface area contributed by atoms with Crippen molar-refractivity contribution in [3.05, 3.63) is 68.6 Å². The number of rotatable bonds is 3. The monoisotopic (exact) mass is 437 g/mol. The highest BCUT2D eigenvalue weighted by atomic mass is 35.5. The second-order valence-electron chi connectivity index (χ2n) is 7.71. The molecule has 5 nitrogen and oxygen atoms in total. The smallest absolute Gasteiger partial charge is 0.256 e. The lowest BCUT2D eigenvalue weighted by atomic mass is 9.93. The van der Waals surface area contributed by atoms with Crippen LogP contribution in [0, 0.1) is 0 Å². The van der Waals surface area contributed by atoms with E-state index >= 15 is 0 Å². The maximum Gasteiger partial charge on any atom is 0.256 e. The number of halogens is 2. The standard InChI is InChI=1S/C22H18BCl2N3O2/c1-22(2,30)11-8-15(24)19(16(25)9-11)28(3)20-13-6-7-26-21(29)18(13)14-10-12(23)4-5-17(14)27-20/h4-10,30H,1-3H3,(H,26,29). The molecule has 0 aliphatic carbocycles. The minimum Gasteiger partial charge on any atom is -0.386 e. The normalized spacial score (nSPS) is 11.9. The van der Waals surface area contributed by atoms with E-state index in [9.17, 15) is 9.90 Å². The minimum absolute atomic E-state index is 0.241. The van der Waals surface area contributed by atoms with E-state index in [1.165, 1.54) is 0 Å². The van der Waals surface area contributed by atoms with Crippen LogP contribution >= 0.6 is 23.2 Å². The first kappa shape index (κ1) is 20.7. The molecule has 2 aromatic heterocycles. The summed E-state index contributed by atoms with van der Waals surface area (Å²) in [7, 11) is 7.72. The molecule has 2 heterocycles. The quantitative estimate of drug-likeness (QED) is 0.372. The summed E-state index contributed by atoms with van der Waals surface area (Å²) >= 11 is 13.1. The van der Waals surface area contributed by atoms with Gasteiger partial charge in [0.05, 0.1) is 32.2 Å². The Hall–Kier alpha value is -2.54. The first-order valence-electron chi connectivity index (χ1n) is 9.24. The fourth-order valence-corrected chi connectivity index (χ4v) is 4.30. The van der Waals surface area contributed by atoms with E-state index in [0.29, 0.717) is 54.3 Å². The maximum atomic E-state index is 12.7. The Balaban J connectivity index is 2.01. The van der Waals surface area contributed by atoms with Crippen LogP contribution in [0.25, 0.3) is 21.7 Å². The van der Waals surface area contributed by atoms with Gasteiger partial charge in [0.1, 0.15) is 13.7 Å². The summed E-state index contributed by atoms with van der Waals surface area (Å²) in [6, 6.07) is 10.4. The first-order valence-corrected chi connectivity index (χ1v) is 10.00. The average Bonchev–Trinajstić information content (AvgIpc) is 2.66. The number of aromatic nitrogens is 2. The minimum atomic E-state index is -1.09. The van der Waals surface area contributed by atoms with E-state index in [-0.39, 0.29) is 5.56 Å². The number of fused-ring (bicyclic) bond motifs is 3. The Morgan fingerprint density at radius 3 is 2.40 bits per heavy atom. The summed E-state index contributed by atoms with van der Waals surface area (Å²) < 4.78 is 0. The van der Waals surface area contributed by atoms with Crippen molar-refractivity contribution in [2.75, 3.05) is 11.9 Å². The van der Waals surface area contributed by atoms with Gasteiger partial charge in [0.15, 0.2) is 0 Å². The van der Waals surface area contributed by atoms with Crippen LogP contribution in [0.4, 0.5) is 11.5 Å². The van der Waals surface area contributed by atoms with Crippen molar-refractivity contribution in [3.63, 3.8) is 0 Å². The zero-order valence-electron chi connectivity index (χ0n) is 16.6. The average molecular weight is 438 g/mol. The van der Waals surface area contributed by atoms with Gasteiger partial charge in [0.25, 0.3) is 5.56 Å². The number of H-pyrrole nitrogens is 1. The second kappa shape index (κ2) is 7.31. The predicted octanol–water partition coefficient (Wildman–Crippen LogP) is 4.17. The van der Waals surface area contributed by atoms with Crippen LogP contribution in [0.15, 0.2) is 47.4 Å². The van der Waals surface area contributed by atoms with Crippen LogP contribution in [-0.4, -0.2) is 30.0 Å². The molecule has 4 rings (SSSR count). The van der Waals surface area contributed by atoms with Crippen molar-refractivity contribution in [2.45, 2.75) is 19.4 Å². The number of aliphatic hydroxyl groups is 1. The van der Waals surface area contributed by atoms with Crippen LogP contribution in [0.5, 0.6) is 0 Å². The Labute approximate surface area is 184 Å². The summed E-state index contributed by atoms with van der Waals surface area (Å²) in [5.74, 6) is 0.521. The molecule has 0 bridgehead atoms. The summed E-state index contributed by atoms with van der Waals surface area (Å²) in [4.78, 5) is 21.9. The van der Waals surface area contributed by atoms with Crippen molar-refractivity contribution >= 4 is 69.7 Å². The first-order chi connectivity index (χ1) is 14.1. The molecule has 0 aliphatic rings. The van der Waals surface area contributed by atoms with E-state index in [0.717, 1.165) is 0 Å². The van der Waals surface area contributed by atoms with Gasteiger partial charge in [-0.2, -0.15) is 0 Å². The van der Waals surface area contributed by atoms with E-state index in [2.05, 4.69) is 4.98 Å². The molecular weight excluding hydrogens is 420 g/mol. The fraction of sp³-hybridized carbons (Fsp3) is 0.182. The molecule has 0 saturated carbocycles. The Morgan fingerprint density at radius 2 is 1.77 bits per heavy atom. The molecule has 0 fully saturated rings. The van der Waals surface area contributed by atoms with Gasteiger partial charge in [-0.05, 0) is 43.7 Å². The lowest BCUT2D eigenvalue weighted by Crippen LogP contribution is -2.18. The van der Waals surface area contributed by atoms with E-state index in [1.807, 2.05) is 0 Å². The number of aromatic amines is 1. The highest BCUT2D eigenvalue weighted by Gasteiger charge is 2.23. The number of hydrogen-bond acceptors (Lipinski definition) is 4. The molecule has 2 N–H and O–H groups in total. The van der Waals surface area contributed by atoms with Gasteiger partial charge in [-0.15, -0.1) is 0 Å². The molecule has 2 aromatic carbocycles. The lowest BCUT2D eigenvalue weighted by molar-refractivity contribution is 0.0786. The van der Waals surface area contributed by atoms with E-state index in [4.69, 9.17) is 36.0 Å². The molecule has 2 radical (unpaired) electrons. The number of pyridine rings is 2. The topological polar surface area (TPSA) is 69.2 Å². The molecule has 4 aromatic rings. The Bertz CT molecular complexity index is 1340. The Morgan fingerprint density at radius 1 is 1.10 bits per heavy atom. The highest BCUT2D eigenvalue weighted by Crippen LogP contribution is 2.41. The van der Waals surface area contributed by atoms with Crippen molar-refractivity contribution in [1.82, 2.24) is 9.97 Å². The van der Waals surface area contributed by atoms with Gasteiger partial charge in [-0.25, -0.2) is 4.98 Å². The molecular formula is C22H18BCl2N3O2. The number of anilines is 2. The van der Waals surface area contributed by atoms with Crippen molar-refractivity contribution < 1.29 is 5.11 Å². The number of nitrogens with one attached hydrogen (secondary N) is 1. The molecule has 0 unspecified atom stereocenters. The molecule has 0 aliphatic heterocycles. The van der Waals surface area contributed by atoms with Gasteiger partial charge >= 0.3 is 0 Å². The van der Waals surface area contributed by atoms with Crippen LogP contribution in [0.2, 0.25) is 10.0 Å². The summed E-state index contributed by atoms with van der Waals surface area (Å²) in [5.41, 5.74) is 0.951. The molecule has 150 valence electrons. The summed E-state index contributed by atoms with van der Waals surface area (Å²) in [5, 5.41) is 12.8. The predicted molar refractivity (Wildman–Crippen MR) is 125 cm³/mol. The summed E-state index contributed by atoms with van der Waals surface area (Å²) in [6.07, 6.45) is 1.57. The third-order valence-corrected chi connectivity index (χ3v) is 5.67. The van der Waals surface area contributed by atoms with Gasteiger partial charge in [-0.3, -0.25) is 4.79 Å². The zero-order valence-corrected chi connectivity index (χ0v) is 18.1. The molecule has 30 heavy (non-hydrogen) atoms. The highest BCUT2D eigenvalue weighted by molar-refractivity contribution is 6.39. The molecule has 0 spiro atoms. The number of nitrogens with zero attached hydrogens (tertiary/aromatic N) is 2. The maximum absolute atomic E-state index is 12.7. The van der Waals surface area contributed by atoms with Gasteiger partial charge in [-0.1, -0.05) is 40.8 Å². The van der Waals surface area contributed by atoms with E-state index < -0.39 is 5.60 Å². The van der Waals surface area contributed by atoms with Crippen molar-refractivity contribution in [2.24, 2.45) is 0 Å². The second-order valence-corrected chi connectivity index (χ2v) is 8.53. The van der Waals surface area contributed by atoms with Crippen LogP contribution in [0.1, 0.15) is 19.4 Å². The van der Waals surface area contributed by atoms with Gasteiger partial charge in [0.2, 0.25) is 0 Å². The number of hydrogen-bond donors (Lipinski definition) is 2. The lowest BCUT2D eigenvalue weighted by Gasteiger charge is -2.25. The molecule has 0 saturated heterocycles. The molecule has 8 heteroatoms. The molecule has 0 atom stereocenters. The number of benzene rings is 2. The Kier molecular flexibility index (Phi) is 5.05. The van der Waals surface area contributed by atoms with Crippen LogP contribution in [0.3, 0.4) is 0 Å². The van der Waals surface area contributed by atoms with Gasteiger partial charge in [0, 0.05) is 24.0 Å².